The molecule has 0 radical (unpaired) electrons. The zero-order valence-corrected chi connectivity index (χ0v) is 8.32. The van der Waals surface area contributed by atoms with Crippen molar-refractivity contribution < 1.29 is 9.59 Å². The van der Waals surface area contributed by atoms with Gasteiger partial charge in [0.25, 0.3) is 0 Å². The van der Waals surface area contributed by atoms with Gasteiger partial charge in [0.15, 0.2) is 0 Å². The highest BCUT2D eigenvalue weighted by Crippen LogP contribution is 1.96. The molecule has 1 saturated heterocycles. The van der Waals surface area contributed by atoms with Crippen LogP contribution in [-0.4, -0.2) is 42.0 Å². The Kier molecular flexibility index (Phi) is 3.88. The molecule has 13 heavy (non-hydrogen) atoms. The highest BCUT2D eigenvalue weighted by molar-refractivity contribution is 7.99. The minimum atomic E-state index is -0.222. The van der Waals surface area contributed by atoms with Gasteiger partial charge >= 0.3 is 6.03 Å². The first-order chi connectivity index (χ1) is 6.24. The molecule has 1 rings (SSSR count). The standard InChI is InChI=1S/C7H13N3O2S/c1-13-5-6(11)9-10-4-2-3-8-7(10)12/h2-5H2,1H3,(H,8,12)(H,9,11). The zero-order valence-electron chi connectivity index (χ0n) is 7.50. The second kappa shape index (κ2) is 4.96. The van der Waals surface area contributed by atoms with Crippen molar-refractivity contribution in [3.8, 4) is 0 Å². The van der Waals surface area contributed by atoms with Crippen molar-refractivity contribution in [2.45, 2.75) is 6.42 Å². The number of hydrazine groups is 1. The van der Waals surface area contributed by atoms with Gasteiger partial charge < -0.3 is 5.32 Å². The lowest BCUT2D eigenvalue weighted by Crippen LogP contribution is -2.55. The minimum absolute atomic E-state index is 0.135. The summed E-state index contributed by atoms with van der Waals surface area (Å²) in [5.74, 6) is 0.244. The molecule has 0 aromatic heterocycles. The van der Waals surface area contributed by atoms with Gasteiger partial charge in [0, 0.05) is 13.1 Å². The first kappa shape index (κ1) is 10.2. The van der Waals surface area contributed by atoms with E-state index in [1.54, 1.807) is 0 Å². The summed E-state index contributed by atoms with van der Waals surface area (Å²) in [6.45, 7) is 1.28. The van der Waals surface area contributed by atoms with Gasteiger partial charge in [-0.3, -0.25) is 10.2 Å². The molecule has 74 valence electrons. The third-order valence-electron chi connectivity index (χ3n) is 1.61. The number of amides is 3. The van der Waals surface area contributed by atoms with Crippen molar-refractivity contribution in [1.29, 1.82) is 0 Å². The van der Waals surface area contributed by atoms with E-state index in [9.17, 15) is 9.59 Å². The topological polar surface area (TPSA) is 61.4 Å². The van der Waals surface area contributed by atoms with Crippen LogP contribution < -0.4 is 10.7 Å². The smallest absolute Gasteiger partial charge is 0.336 e. The van der Waals surface area contributed by atoms with Gasteiger partial charge in [-0.1, -0.05) is 0 Å². The van der Waals surface area contributed by atoms with Crippen LogP contribution in [0.2, 0.25) is 0 Å². The normalized spacial score (nSPS) is 16.7. The van der Waals surface area contributed by atoms with Crippen LogP contribution in [0.1, 0.15) is 6.42 Å². The summed E-state index contributed by atoms with van der Waals surface area (Å²) in [4.78, 5) is 22.2. The molecule has 0 spiro atoms. The van der Waals surface area contributed by atoms with Crippen LogP contribution in [0.15, 0.2) is 0 Å². The maximum absolute atomic E-state index is 11.1. The quantitative estimate of drug-likeness (QED) is 0.667. The fourth-order valence-corrected chi connectivity index (χ4v) is 1.38. The SMILES string of the molecule is CSCC(=O)NN1CCCNC1=O. The maximum Gasteiger partial charge on any atom is 0.336 e. The third kappa shape index (κ3) is 3.14. The Hall–Kier alpha value is -0.910. The van der Waals surface area contributed by atoms with Gasteiger partial charge in [-0.2, -0.15) is 11.8 Å². The number of carbonyl (C=O) groups excluding carboxylic acids is 2. The summed E-state index contributed by atoms with van der Waals surface area (Å²) in [5.41, 5.74) is 2.53. The fourth-order valence-electron chi connectivity index (χ4n) is 1.05. The average Bonchev–Trinajstić information content (AvgIpc) is 2.09. The van der Waals surface area contributed by atoms with Gasteiger partial charge in [0.05, 0.1) is 5.75 Å². The second-order valence-electron chi connectivity index (χ2n) is 2.71. The number of rotatable bonds is 3. The van der Waals surface area contributed by atoms with E-state index in [4.69, 9.17) is 0 Å². The Labute approximate surface area is 81.2 Å². The van der Waals surface area contributed by atoms with Gasteiger partial charge in [-0.05, 0) is 12.7 Å². The molecular formula is C7H13N3O2S. The Morgan fingerprint density at radius 2 is 2.54 bits per heavy atom. The van der Waals surface area contributed by atoms with E-state index in [2.05, 4.69) is 10.7 Å². The van der Waals surface area contributed by atoms with Crippen molar-refractivity contribution in [2.24, 2.45) is 0 Å². The third-order valence-corrected chi connectivity index (χ3v) is 2.17. The Morgan fingerprint density at radius 3 is 3.15 bits per heavy atom. The summed E-state index contributed by atoms with van der Waals surface area (Å²) < 4.78 is 0. The second-order valence-corrected chi connectivity index (χ2v) is 3.57. The molecule has 6 heteroatoms. The fraction of sp³-hybridized carbons (Fsp3) is 0.714. The van der Waals surface area contributed by atoms with Gasteiger partial charge in [0.1, 0.15) is 0 Å². The maximum atomic E-state index is 11.1. The molecule has 0 aromatic carbocycles. The predicted octanol–water partition coefficient (Wildman–Crippen LogP) is -0.204. The number of nitrogens with one attached hydrogen (secondary N) is 2. The number of urea groups is 1. The largest absolute Gasteiger partial charge is 0.336 e. The first-order valence-electron chi connectivity index (χ1n) is 4.08. The lowest BCUT2D eigenvalue weighted by molar-refractivity contribution is -0.122. The summed E-state index contributed by atoms with van der Waals surface area (Å²) in [6.07, 6.45) is 2.71. The van der Waals surface area contributed by atoms with Crippen molar-refractivity contribution in [3.05, 3.63) is 0 Å². The highest BCUT2D eigenvalue weighted by atomic mass is 32.2. The summed E-state index contributed by atoms with van der Waals surface area (Å²) in [5, 5.41) is 3.97. The van der Waals surface area contributed by atoms with Crippen molar-refractivity contribution in [3.63, 3.8) is 0 Å². The number of nitrogens with zero attached hydrogens (tertiary/aromatic N) is 1. The molecule has 0 unspecified atom stereocenters. The molecule has 0 aliphatic carbocycles. The van der Waals surface area contributed by atoms with Crippen LogP contribution in [0.5, 0.6) is 0 Å². The van der Waals surface area contributed by atoms with E-state index in [1.807, 2.05) is 6.26 Å². The van der Waals surface area contributed by atoms with E-state index >= 15 is 0 Å². The average molecular weight is 203 g/mol. The van der Waals surface area contributed by atoms with Crippen LogP contribution in [0.25, 0.3) is 0 Å². The molecule has 2 N–H and O–H groups in total. The van der Waals surface area contributed by atoms with Crippen LogP contribution in [0.3, 0.4) is 0 Å². The van der Waals surface area contributed by atoms with E-state index in [1.165, 1.54) is 16.8 Å². The molecule has 1 aliphatic rings. The number of hydrogen-bond donors (Lipinski definition) is 2. The van der Waals surface area contributed by atoms with Crippen molar-refractivity contribution >= 4 is 23.7 Å². The predicted molar refractivity (Wildman–Crippen MR) is 51.2 cm³/mol. The van der Waals surface area contributed by atoms with Crippen molar-refractivity contribution in [1.82, 2.24) is 15.8 Å². The number of carbonyl (C=O) groups is 2. The molecule has 0 aromatic rings. The lowest BCUT2D eigenvalue weighted by Gasteiger charge is -2.27. The van der Waals surface area contributed by atoms with Crippen LogP contribution >= 0.6 is 11.8 Å². The summed E-state index contributed by atoms with van der Waals surface area (Å²) in [7, 11) is 0. The Balaban J connectivity index is 2.33. The lowest BCUT2D eigenvalue weighted by atomic mass is 10.4. The summed E-state index contributed by atoms with van der Waals surface area (Å²) >= 11 is 1.43. The van der Waals surface area contributed by atoms with Crippen LogP contribution in [0, 0.1) is 0 Å². The molecule has 1 aliphatic heterocycles. The molecular weight excluding hydrogens is 190 g/mol. The first-order valence-corrected chi connectivity index (χ1v) is 5.47. The van der Waals surface area contributed by atoms with Crippen LogP contribution in [0.4, 0.5) is 4.79 Å². The zero-order chi connectivity index (χ0) is 9.68. The minimum Gasteiger partial charge on any atom is -0.336 e. The number of thioether (sulfide) groups is 1. The molecule has 5 nitrogen and oxygen atoms in total. The molecule has 0 atom stereocenters. The monoisotopic (exact) mass is 203 g/mol. The molecule has 0 bridgehead atoms. The van der Waals surface area contributed by atoms with E-state index < -0.39 is 0 Å². The van der Waals surface area contributed by atoms with Crippen molar-refractivity contribution in [2.75, 3.05) is 25.1 Å². The molecule has 1 fully saturated rings. The molecule has 1 heterocycles. The summed E-state index contributed by atoms with van der Waals surface area (Å²) in [6, 6.07) is -0.222. The highest BCUT2D eigenvalue weighted by Gasteiger charge is 2.18. The van der Waals surface area contributed by atoms with Gasteiger partial charge in [0.2, 0.25) is 5.91 Å². The van der Waals surface area contributed by atoms with E-state index in [0.29, 0.717) is 18.8 Å². The molecule has 3 amide bonds. The van der Waals surface area contributed by atoms with Gasteiger partial charge in [-0.15, -0.1) is 0 Å². The Bertz CT molecular complexity index is 210. The van der Waals surface area contributed by atoms with E-state index in [0.717, 1.165) is 6.42 Å². The van der Waals surface area contributed by atoms with E-state index in [-0.39, 0.29) is 11.9 Å². The van der Waals surface area contributed by atoms with Gasteiger partial charge in [-0.25, -0.2) is 9.80 Å². The Morgan fingerprint density at radius 1 is 1.77 bits per heavy atom. The number of hydrogen-bond acceptors (Lipinski definition) is 3. The van der Waals surface area contributed by atoms with Crippen LogP contribution in [-0.2, 0) is 4.79 Å². The molecule has 0 saturated carbocycles.